The van der Waals surface area contributed by atoms with Crippen molar-refractivity contribution >= 4 is 6.08 Å². The Morgan fingerprint density at radius 2 is 1.36 bits per heavy atom. The average Bonchev–Trinajstić information content (AvgIpc) is 3.05. The molecule has 4 rings (SSSR count). The van der Waals surface area contributed by atoms with Gasteiger partial charge in [-0.25, -0.2) is 0 Å². The van der Waals surface area contributed by atoms with E-state index in [4.69, 9.17) is 0 Å². The first-order valence-electron chi connectivity index (χ1n) is 10.6. The zero-order valence-corrected chi connectivity index (χ0v) is 16.7. The second-order valence-electron chi connectivity index (χ2n) is 10.0. The first-order valence-corrected chi connectivity index (χ1v) is 10.6. The third kappa shape index (κ3) is 3.11. The molecule has 0 spiro atoms. The van der Waals surface area contributed by atoms with Crippen LogP contribution >= 0.6 is 0 Å². The standard InChI is InChI=1S/C25H35/c1-18-8-12-24(3,13-9-18)21-16-20-6-5-7-23(22(20)17-21)25(4)14-10-19(2)11-15-25/h5-7,16-19H,8-15H2,1-4H3. The van der Waals surface area contributed by atoms with Crippen LogP contribution in [-0.4, -0.2) is 0 Å². The van der Waals surface area contributed by atoms with Crippen molar-refractivity contribution in [2.45, 2.75) is 84.5 Å². The Bertz CT molecular complexity index is 661. The van der Waals surface area contributed by atoms with Crippen molar-refractivity contribution in [3.8, 4) is 0 Å². The highest BCUT2D eigenvalue weighted by atomic mass is 14.4. The number of fused-ring (bicyclic) bond motifs is 1. The zero-order valence-electron chi connectivity index (χ0n) is 16.7. The molecule has 0 saturated heterocycles. The molecule has 3 aliphatic carbocycles. The predicted molar refractivity (Wildman–Crippen MR) is 109 cm³/mol. The van der Waals surface area contributed by atoms with Crippen molar-refractivity contribution < 1.29 is 0 Å². The highest BCUT2D eigenvalue weighted by molar-refractivity contribution is 5.73. The van der Waals surface area contributed by atoms with E-state index in [9.17, 15) is 0 Å². The lowest BCUT2D eigenvalue weighted by atomic mass is 9.65. The molecular formula is C25H35. The lowest BCUT2D eigenvalue weighted by Crippen LogP contribution is -2.29. The summed E-state index contributed by atoms with van der Waals surface area (Å²) in [5.74, 6) is 1.82. The van der Waals surface area contributed by atoms with E-state index in [1.165, 1.54) is 56.9 Å². The van der Waals surface area contributed by atoms with Crippen molar-refractivity contribution in [1.29, 1.82) is 0 Å². The molecule has 0 aliphatic heterocycles. The summed E-state index contributed by atoms with van der Waals surface area (Å²) in [6.07, 6.45) is 16.1. The third-order valence-electron chi connectivity index (χ3n) is 7.85. The van der Waals surface area contributed by atoms with Crippen LogP contribution in [0.5, 0.6) is 0 Å². The fourth-order valence-electron chi connectivity index (χ4n) is 5.47. The molecule has 3 aliphatic rings. The number of allylic oxidation sites excluding steroid dienone is 1. The summed E-state index contributed by atoms with van der Waals surface area (Å²) in [6, 6.07) is 7.06. The monoisotopic (exact) mass is 335 g/mol. The van der Waals surface area contributed by atoms with Crippen LogP contribution in [0.1, 0.15) is 95.8 Å². The topological polar surface area (TPSA) is 0 Å². The number of hydrogen-bond donors (Lipinski definition) is 0. The maximum atomic E-state index is 2.57. The molecule has 2 fully saturated rings. The first-order chi connectivity index (χ1) is 11.9. The number of hydrogen-bond acceptors (Lipinski definition) is 0. The summed E-state index contributed by atoms with van der Waals surface area (Å²) in [7, 11) is 0. The van der Waals surface area contributed by atoms with E-state index in [-0.39, 0.29) is 0 Å². The van der Waals surface area contributed by atoms with E-state index in [1.54, 1.807) is 16.7 Å². The van der Waals surface area contributed by atoms with Crippen LogP contribution in [0.4, 0.5) is 0 Å². The van der Waals surface area contributed by atoms with Crippen LogP contribution in [0.2, 0.25) is 0 Å². The summed E-state index contributed by atoms with van der Waals surface area (Å²) >= 11 is 0. The SMILES string of the molecule is CC1CCC(C)(C2=Cc3cccc(C4(C)CCC(C)CC4)c3[CH]2)CC1. The van der Waals surface area contributed by atoms with Crippen LogP contribution in [-0.2, 0) is 5.41 Å². The number of benzene rings is 1. The summed E-state index contributed by atoms with van der Waals surface area (Å²) in [5, 5.41) is 0. The smallest absolute Gasteiger partial charge is 0.0173 e. The van der Waals surface area contributed by atoms with Crippen molar-refractivity contribution in [3.63, 3.8) is 0 Å². The van der Waals surface area contributed by atoms with Gasteiger partial charge in [-0.3, -0.25) is 0 Å². The molecule has 0 N–H and O–H groups in total. The lowest BCUT2D eigenvalue weighted by Gasteiger charge is -2.39. The van der Waals surface area contributed by atoms with E-state index < -0.39 is 0 Å². The van der Waals surface area contributed by atoms with Gasteiger partial charge < -0.3 is 0 Å². The van der Waals surface area contributed by atoms with Gasteiger partial charge in [0.1, 0.15) is 0 Å². The van der Waals surface area contributed by atoms with E-state index in [2.05, 4.69) is 58.4 Å². The van der Waals surface area contributed by atoms with Gasteiger partial charge in [-0.2, -0.15) is 0 Å². The minimum absolute atomic E-state index is 0.375. The van der Waals surface area contributed by atoms with Gasteiger partial charge >= 0.3 is 0 Å². The molecule has 0 nitrogen and oxygen atoms in total. The Balaban J connectivity index is 1.60. The Morgan fingerprint density at radius 1 is 0.800 bits per heavy atom. The van der Waals surface area contributed by atoms with Crippen LogP contribution in [0.25, 0.3) is 6.08 Å². The highest BCUT2D eigenvalue weighted by Crippen LogP contribution is 2.51. The van der Waals surface area contributed by atoms with E-state index in [0.29, 0.717) is 10.8 Å². The van der Waals surface area contributed by atoms with E-state index in [0.717, 1.165) is 11.8 Å². The predicted octanol–water partition coefficient (Wildman–Crippen LogP) is 7.32. The van der Waals surface area contributed by atoms with Crippen molar-refractivity contribution in [2.75, 3.05) is 0 Å². The van der Waals surface area contributed by atoms with Gasteiger partial charge in [0.15, 0.2) is 0 Å². The molecule has 0 unspecified atom stereocenters. The van der Waals surface area contributed by atoms with Gasteiger partial charge in [-0.1, -0.05) is 57.5 Å². The van der Waals surface area contributed by atoms with Gasteiger partial charge in [0.25, 0.3) is 0 Å². The second kappa shape index (κ2) is 6.29. The fraction of sp³-hybridized carbons (Fsp3) is 0.640. The Labute approximate surface area is 155 Å². The minimum Gasteiger partial charge on any atom is -0.0625 e. The summed E-state index contributed by atoms with van der Waals surface area (Å²) in [5.41, 5.74) is 7.02. The maximum absolute atomic E-state index is 2.57. The van der Waals surface area contributed by atoms with E-state index in [1.807, 2.05) is 0 Å². The van der Waals surface area contributed by atoms with Crippen LogP contribution in [0, 0.1) is 23.7 Å². The molecule has 0 amide bonds. The minimum atomic E-state index is 0.375. The van der Waals surface area contributed by atoms with Gasteiger partial charge in [-0.15, -0.1) is 0 Å². The molecule has 0 atom stereocenters. The molecule has 25 heavy (non-hydrogen) atoms. The first kappa shape index (κ1) is 17.4. The van der Waals surface area contributed by atoms with Crippen molar-refractivity contribution in [2.24, 2.45) is 17.3 Å². The van der Waals surface area contributed by atoms with Crippen molar-refractivity contribution in [3.05, 3.63) is 46.9 Å². The van der Waals surface area contributed by atoms with Crippen LogP contribution in [0.15, 0.2) is 23.8 Å². The summed E-state index contributed by atoms with van der Waals surface area (Å²) in [6.45, 7) is 9.87. The van der Waals surface area contributed by atoms with Gasteiger partial charge in [0.2, 0.25) is 0 Å². The number of rotatable bonds is 2. The zero-order chi connectivity index (χ0) is 17.7. The fourth-order valence-corrected chi connectivity index (χ4v) is 5.47. The highest BCUT2D eigenvalue weighted by Gasteiger charge is 2.38. The quantitative estimate of drug-likeness (QED) is 0.531. The molecule has 0 bridgehead atoms. The van der Waals surface area contributed by atoms with Crippen LogP contribution in [0.3, 0.4) is 0 Å². The Morgan fingerprint density at radius 3 is 1.96 bits per heavy atom. The molecular weight excluding hydrogens is 300 g/mol. The molecule has 1 radical (unpaired) electrons. The molecule has 0 aromatic heterocycles. The molecule has 0 heterocycles. The van der Waals surface area contributed by atoms with Gasteiger partial charge in [0.05, 0.1) is 0 Å². The average molecular weight is 336 g/mol. The normalized spacial score (nSPS) is 38.3. The Kier molecular flexibility index (Phi) is 4.37. The van der Waals surface area contributed by atoms with Gasteiger partial charge in [-0.05, 0) is 90.7 Å². The molecule has 135 valence electrons. The lowest BCUT2D eigenvalue weighted by molar-refractivity contribution is 0.223. The third-order valence-corrected chi connectivity index (χ3v) is 7.85. The Hall–Kier alpha value is -1.04. The summed E-state index contributed by atoms with van der Waals surface area (Å²) in [4.78, 5) is 0. The molecule has 1 aromatic rings. The molecule has 0 heteroatoms. The van der Waals surface area contributed by atoms with E-state index >= 15 is 0 Å². The summed E-state index contributed by atoms with van der Waals surface area (Å²) < 4.78 is 0. The van der Waals surface area contributed by atoms with Crippen LogP contribution < -0.4 is 0 Å². The van der Waals surface area contributed by atoms with Crippen molar-refractivity contribution in [1.82, 2.24) is 0 Å². The molecule has 1 aromatic carbocycles. The largest absolute Gasteiger partial charge is 0.0625 e. The maximum Gasteiger partial charge on any atom is 0.0173 e. The van der Waals surface area contributed by atoms with Gasteiger partial charge in [0, 0.05) is 6.42 Å². The molecule has 2 saturated carbocycles. The second-order valence-corrected chi connectivity index (χ2v) is 10.0.